The van der Waals surface area contributed by atoms with Crippen molar-refractivity contribution in [3.8, 4) is 0 Å². The molecule has 0 unspecified atom stereocenters. The SMILES string of the molecule is O=C=[NH+]Cc1ccccc1. The van der Waals surface area contributed by atoms with Crippen molar-refractivity contribution in [2.75, 3.05) is 0 Å². The van der Waals surface area contributed by atoms with Crippen molar-refractivity contribution in [2.45, 2.75) is 6.54 Å². The maximum absolute atomic E-state index is 9.74. The summed E-state index contributed by atoms with van der Waals surface area (Å²) in [6, 6.07) is 9.70. The Morgan fingerprint density at radius 1 is 1.30 bits per heavy atom. The topological polar surface area (TPSA) is 31.0 Å². The number of hydrogen-bond donors (Lipinski definition) is 1. The Morgan fingerprint density at radius 2 is 2.00 bits per heavy atom. The van der Waals surface area contributed by atoms with Gasteiger partial charge < -0.3 is 0 Å². The fourth-order valence-electron chi connectivity index (χ4n) is 0.734. The Hall–Kier alpha value is -1.40. The van der Waals surface area contributed by atoms with Crippen LogP contribution in [0.5, 0.6) is 0 Å². The van der Waals surface area contributed by atoms with E-state index in [0.29, 0.717) is 6.54 Å². The molecule has 0 saturated heterocycles. The molecule has 1 aromatic rings. The van der Waals surface area contributed by atoms with Crippen LogP contribution in [0.3, 0.4) is 0 Å². The quantitative estimate of drug-likeness (QED) is 0.433. The zero-order valence-electron chi connectivity index (χ0n) is 5.50. The van der Waals surface area contributed by atoms with Crippen LogP contribution in [0.15, 0.2) is 30.3 Å². The molecule has 0 heterocycles. The van der Waals surface area contributed by atoms with Crippen molar-refractivity contribution in [2.24, 2.45) is 0 Å². The smallest absolute Gasteiger partial charge is 0.162 e. The predicted octanol–water partition coefficient (Wildman–Crippen LogP) is -0.397. The Labute approximate surface area is 59.2 Å². The molecule has 0 aromatic heterocycles. The molecular formula is C8H8NO+. The maximum atomic E-state index is 9.74. The van der Waals surface area contributed by atoms with E-state index in [1.807, 2.05) is 30.3 Å². The van der Waals surface area contributed by atoms with Gasteiger partial charge in [-0.1, -0.05) is 30.3 Å². The summed E-state index contributed by atoms with van der Waals surface area (Å²) in [6.07, 6.45) is 1.62. The lowest BCUT2D eigenvalue weighted by Gasteiger charge is -1.86. The molecular weight excluding hydrogens is 126 g/mol. The molecule has 0 aliphatic carbocycles. The first-order chi connectivity index (χ1) is 4.93. The number of nitrogens with one attached hydrogen (secondary N) is 1. The van der Waals surface area contributed by atoms with E-state index in [9.17, 15) is 4.79 Å². The largest absolute Gasteiger partial charge is 0.422 e. The molecule has 10 heavy (non-hydrogen) atoms. The Kier molecular flexibility index (Phi) is 2.41. The molecule has 1 aromatic carbocycles. The van der Waals surface area contributed by atoms with Crippen molar-refractivity contribution in [3.63, 3.8) is 0 Å². The summed E-state index contributed by atoms with van der Waals surface area (Å²) in [5.41, 5.74) is 1.09. The highest BCUT2D eigenvalue weighted by molar-refractivity contribution is 5.23. The maximum Gasteiger partial charge on any atom is 0.422 e. The van der Waals surface area contributed by atoms with Crippen LogP contribution >= 0.6 is 0 Å². The summed E-state index contributed by atoms with van der Waals surface area (Å²) in [5, 5.41) is 0. The molecule has 0 aliphatic rings. The van der Waals surface area contributed by atoms with Gasteiger partial charge in [0.25, 0.3) is 0 Å². The van der Waals surface area contributed by atoms with Crippen LogP contribution in [0.25, 0.3) is 0 Å². The highest BCUT2D eigenvalue weighted by atomic mass is 16.1. The van der Waals surface area contributed by atoms with E-state index in [1.54, 1.807) is 6.08 Å². The number of isocyanates is 1. The van der Waals surface area contributed by atoms with E-state index in [4.69, 9.17) is 0 Å². The molecule has 0 saturated carbocycles. The van der Waals surface area contributed by atoms with Crippen molar-refractivity contribution in [3.05, 3.63) is 35.9 Å². The molecule has 0 amide bonds. The molecule has 0 radical (unpaired) electrons. The molecule has 0 aliphatic heterocycles. The van der Waals surface area contributed by atoms with Crippen LogP contribution in [0, 0.1) is 0 Å². The van der Waals surface area contributed by atoms with Crippen LogP contribution in [-0.2, 0) is 11.3 Å². The fourth-order valence-corrected chi connectivity index (χ4v) is 0.734. The molecule has 0 atom stereocenters. The van der Waals surface area contributed by atoms with Crippen LogP contribution in [0.1, 0.15) is 5.56 Å². The van der Waals surface area contributed by atoms with Gasteiger partial charge in [0, 0.05) is 5.56 Å². The molecule has 0 spiro atoms. The lowest BCUT2D eigenvalue weighted by Crippen LogP contribution is -2.65. The van der Waals surface area contributed by atoms with Crippen LogP contribution in [0.4, 0.5) is 0 Å². The summed E-state index contributed by atoms with van der Waals surface area (Å²) in [5.74, 6) is 0. The highest BCUT2D eigenvalue weighted by Crippen LogP contribution is 1.93. The zero-order chi connectivity index (χ0) is 7.23. The van der Waals surface area contributed by atoms with Gasteiger partial charge >= 0.3 is 6.08 Å². The Balaban J connectivity index is 2.67. The minimum atomic E-state index is 0.560. The molecule has 1 rings (SSSR count). The van der Waals surface area contributed by atoms with Gasteiger partial charge in [-0.05, 0) is 0 Å². The summed E-state index contributed by atoms with van der Waals surface area (Å²) >= 11 is 0. The zero-order valence-corrected chi connectivity index (χ0v) is 5.50. The van der Waals surface area contributed by atoms with Crippen molar-refractivity contribution in [1.29, 1.82) is 0 Å². The molecule has 0 fully saturated rings. The monoisotopic (exact) mass is 134 g/mol. The minimum Gasteiger partial charge on any atom is -0.162 e. The first-order valence-electron chi connectivity index (χ1n) is 3.07. The first-order valence-corrected chi connectivity index (χ1v) is 3.07. The van der Waals surface area contributed by atoms with E-state index in [2.05, 4.69) is 4.99 Å². The second-order valence-electron chi connectivity index (χ2n) is 1.94. The third-order valence-corrected chi connectivity index (χ3v) is 1.21. The standard InChI is InChI=1S/C8H7NO/c10-7-9-6-8-4-2-1-3-5-8/h1-5H,6H2/p+1. The summed E-state index contributed by atoms with van der Waals surface area (Å²) in [7, 11) is 0. The number of carbonyl (C=O) groups excluding carboxylic acids is 1. The van der Waals surface area contributed by atoms with Crippen LogP contribution < -0.4 is 4.99 Å². The Morgan fingerprint density at radius 3 is 2.60 bits per heavy atom. The van der Waals surface area contributed by atoms with Gasteiger partial charge in [0.15, 0.2) is 6.54 Å². The van der Waals surface area contributed by atoms with Gasteiger partial charge in [0.05, 0.1) is 0 Å². The molecule has 1 N–H and O–H groups in total. The van der Waals surface area contributed by atoms with Crippen molar-refractivity contribution >= 4 is 6.08 Å². The fraction of sp³-hybridized carbons (Fsp3) is 0.125. The molecule has 2 nitrogen and oxygen atoms in total. The minimum absolute atomic E-state index is 0.560. The molecule has 2 heteroatoms. The third-order valence-electron chi connectivity index (χ3n) is 1.21. The van der Waals surface area contributed by atoms with E-state index >= 15 is 0 Å². The van der Waals surface area contributed by atoms with E-state index in [-0.39, 0.29) is 0 Å². The van der Waals surface area contributed by atoms with E-state index < -0.39 is 0 Å². The second-order valence-corrected chi connectivity index (χ2v) is 1.94. The second kappa shape index (κ2) is 3.59. The van der Waals surface area contributed by atoms with E-state index in [0.717, 1.165) is 5.56 Å². The van der Waals surface area contributed by atoms with Gasteiger partial charge in [0.1, 0.15) is 0 Å². The van der Waals surface area contributed by atoms with E-state index in [1.165, 1.54) is 0 Å². The van der Waals surface area contributed by atoms with Crippen molar-refractivity contribution in [1.82, 2.24) is 0 Å². The molecule has 0 bridgehead atoms. The highest BCUT2D eigenvalue weighted by Gasteiger charge is 1.89. The summed E-state index contributed by atoms with van der Waals surface area (Å²) in [6.45, 7) is 0.560. The predicted molar refractivity (Wildman–Crippen MR) is 36.8 cm³/mol. The average Bonchev–Trinajstić information content (AvgIpc) is 2.03. The number of rotatable bonds is 2. The first kappa shape index (κ1) is 6.72. The number of hydrogen-bond acceptors (Lipinski definition) is 1. The van der Waals surface area contributed by atoms with Gasteiger partial charge in [-0.25, -0.2) is 0 Å². The summed E-state index contributed by atoms with van der Waals surface area (Å²) in [4.78, 5) is 12.2. The van der Waals surface area contributed by atoms with Gasteiger partial charge in [0.2, 0.25) is 0 Å². The summed E-state index contributed by atoms with van der Waals surface area (Å²) < 4.78 is 0. The van der Waals surface area contributed by atoms with Crippen LogP contribution in [0.2, 0.25) is 0 Å². The normalized spacial score (nSPS) is 8.40. The molecule has 50 valence electrons. The number of benzene rings is 1. The third kappa shape index (κ3) is 1.84. The lowest BCUT2D eigenvalue weighted by molar-refractivity contribution is -0.471. The van der Waals surface area contributed by atoms with Gasteiger partial charge in [-0.15, -0.1) is 0 Å². The van der Waals surface area contributed by atoms with Crippen LogP contribution in [-0.4, -0.2) is 6.08 Å². The average molecular weight is 134 g/mol. The van der Waals surface area contributed by atoms with Gasteiger partial charge in [-0.3, -0.25) is 0 Å². The Bertz CT molecular complexity index is 237. The lowest BCUT2D eigenvalue weighted by atomic mass is 10.2. The van der Waals surface area contributed by atoms with Gasteiger partial charge in [-0.2, -0.15) is 9.79 Å². The van der Waals surface area contributed by atoms with Crippen molar-refractivity contribution < 1.29 is 9.79 Å².